The minimum absolute atomic E-state index is 0.104. The first-order valence-electron chi connectivity index (χ1n) is 24.7. The minimum atomic E-state index is -2.35. The molecule has 0 amide bonds. The molecule has 0 bridgehead atoms. The van der Waals surface area contributed by atoms with Crippen LogP contribution in [0.3, 0.4) is 0 Å². The molecule has 3 aromatic rings. The Morgan fingerprint density at radius 2 is 0.557 bits per heavy atom. The largest absolute Gasteiger partial charge is 0.597 e. The molecular formula is C57H96N9O3P. The van der Waals surface area contributed by atoms with Crippen molar-refractivity contribution in [3.05, 3.63) is 105 Å². The van der Waals surface area contributed by atoms with Crippen LogP contribution in [0.2, 0.25) is 0 Å². The molecule has 0 fully saturated rings. The van der Waals surface area contributed by atoms with E-state index in [9.17, 15) is 0 Å². The van der Waals surface area contributed by atoms with Crippen LogP contribution in [-0.2, 0) is 51.9 Å². The van der Waals surface area contributed by atoms with E-state index in [1.807, 2.05) is 95.0 Å². The van der Waals surface area contributed by atoms with Gasteiger partial charge in [0.05, 0.1) is 0 Å². The number of oxime groups is 3. The van der Waals surface area contributed by atoms with Crippen LogP contribution in [0, 0.1) is 0 Å². The van der Waals surface area contributed by atoms with Crippen molar-refractivity contribution in [1.29, 1.82) is 0 Å². The molecule has 0 aliphatic carbocycles. The number of hydrogen-bond acceptors (Lipinski definition) is 6. The van der Waals surface area contributed by atoms with E-state index in [1.54, 1.807) is 0 Å². The maximum Gasteiger partial charge on any atom is 0.597 e. The third-order valence-electron chi connectivity index (χ3n) is 12.6. The van der Waals surface area contributed by atoms with E-state index in [4.69, 9.17) is 19.0 Å². The van der Waals surface area contributed by atoms with Crippen molar-refractivity contribution in [3.63, 3.8) is 0 Å². The van der Waals surface area contributed by atoms with E-state index in [1.165, 1.54) is 33.4 Å². The number of rotatable bonds is 10. The average Bonchev–Trinajstić information content (AvgIpc) is 3.18. The van der Waals surface area contributed by atoms with Gasteiger partial charge in [0.25, 0.3) is 0 Å². The summed E-state index contributed by atoms with van der Waals surface area (Å²) >= 11 is 0. The van der Waals surface area contributed by atoms with Crippen LogP contribution in [0.25, 0.3) is 0 Å². The van der Waals surface area contributed by atoms with Crippen molar-refractivity contribution >= 4 is 26.5 Å². The van der Waals surface area contributed by atoms with Gasteiger partial charge in [0.15, 0.2) is 0 Å². The molecule has 0 aromatic heterocycles. The molecule has 392 valence electrons. The lowest BCUT2D eigenvalue weighted by molar-refractivity contribution is 0.157. The fourth-order valence-electron chi connectivity index (χ4n) is 8.79. The van der Waals surface area contributed by atoms with Crippen LogP contribution in [-0.4, -0.2) is 125 Å². The highest BCUT2D eigenvalue weighted by molar-refractivity contribution is 7.41. The van der Waals surface area contributed by atoms with E-state index in [0.29, 0.717) is 17.9 Å². The Morgan fingerprint density at radius 1 is 0.329 bits per heavy atom. The van der Waals surface area contributed by atoms with Gasteiger partial charge in [0.1, 0.15) is 5.54 Å². The minimum Gasteiger partial charge on any atom is -0.346 e. The summed E-state index contributed by atoms with van der Waals surface area (Å²) in [7, 11) is 19.0. The monoisotopic (exact) mass is 986 g/mol. The topological polar surface area (TPSA) is 84.2 Å². The van der Waals surface area contributed by atoms with E-state index in [0.717, 1.165) is 16.7 Å². The van der Waals surface area contributed by atoms with Gasteiger partial charge in [-0.05, 0) is 98.0 Å². The quantitative estimate of drug-likeness (QED) is 0.0648. The van der Waals surface area contributed by atoms with Gasteiger partial charge in [-0.3, -0.25) is 13.9 Å². The van der Waals surface area contributed by atoms with Gasteiger partial charge in [-0.2, -0.15) is 0 Å². The summed E-state index contributed by atoms with van der Waals surface area (Å²) < 4.78 is 18.8. The van der Waals surface area contributed by atoms with Crippen molar-refractivity contribution in [2.45, 2.75) is 163 Å². The SMILES string of the molecule is CN(C)C(=NOP(ON=C(N(C)C)N(C)C)O/N=C(\N(C)C)N(C)C(c1ccc(C(C)(C)C)cc1C(C)(C)C)(c1ccc(C(C)(C)C)cc1C(C)(C)C)c1ccc(C(C)(C)C)cc1C(C)(C)C)N(C)C. The highest BCUT2D eigenvalue weighted by Gasteiger charge is 2.50. The van der Waals surface area contributed by atoms with Crippen LogP contribution >= 0.6 is 8.60 Å². The lowest BCUT2D eigenvalue weighted by atomic mass is 9.62. The van der Waals surface area contributed by atoms with Crippen LogP contribution in [0.1, 0.15) is 175 Å². The molecule has 12 nitrogen and oxygen atoms in total. The summed E-state index contributed by atoms with van der Waals surface area (Å²) in [5, 5.41) is 14.1. The molecule has 0 saturated carbocycles. The number of nitrogens with zero attached hydrogens (tertiary/aromatic N) is 9. The predicted octanol–water partition coefficient (Wildman–Crippen LogP) is 12.6. The second-order valence-corrected chi connectivity index (χ2v) is 27.1. The Balaban J connectivity index is 2.88. The van der Waals surface area contributed by atoms with E-state index >= 15 is 0 Å². The molecule has 0 aliphatic heterocycles. The van der Waals surface area contributed by atoms with Crippen LogP contribution in [0.4, 0.5) is 0 Å². The first-order valence-corrected chi connectivity index (χ1v) is 25.8. The smallest absolute Gasteiger partial charge is 0.346 e. The fraction of sp³-hybridized carbons (Fsp3) is 0.632. The normalized spacial score (nSPS) is 13.1. The summed E-state index contributed by atoms with van der Waals surface area (Å²) in [5.41, 5.74) is 8.74. The van der Waals surface area contributed by atoms with Crippen LogP contribution in [0.15, 0.2) is 70.1 Å². The first-order chi connectivity index (χ1) is 31.6. The van der Waals surface area contributed by atoms with Crippen LogP contribution < -0.4 is 0 Å². The zero-order chi connectivity index (χ0) is 54.1. The second kappa shape index (κ2) is 21.6. The van der Waals surface area contributed by atoms with Gasteiger partial charge in [-0.15, -0.1) is 0 Å². The fourth-order valence-corrected chi connectivity index (χ4v) is 9.30. The number of guanidine groups is 3. The van der Waals surface area contributed by atoms with E-state index in [2.05, 4.69) is 201 Å². The molecule has 0 spiro atoms. The lowest BCUT2D eigenvalue weighted by Gasteiger charge is -2.51. The van der Waals surface area contributed by atoms with Crippen molar-refractivity contribution in [2.24, 2.45) is 15.5 Å². The molecule has 0 N–H and O–H groups in total. The van der Waals surface area contributed by atoms with Crippen molar-refractivity contribution < 1.29 is 13.9 Å². The van der Waals surface area contributed by atoms with Crippen molar-refractivity contribution in [2.75, 3.05) is 77.5 Å². The number of benzene rings is 3. The van der Waals surface area contributed by atoms with Crippen molar-refractivity contribution in [3.8, 4) is 0 Å². The third kappa shape index (κ3) is 13.8. The summed E-state index contributed by atoms with van der Waals surface area (Å²) in [6.07, 6.45) is 0. The molecule has 3 rings (SSSR count). The van der Waals surface area contributed by atoms with Gasteiger partial charge in [-0.25, -0.2) is 0 Å². The zero-order valence-corrected chi connectivity index (χ0v) is 50.3. The maximum absolute atomic E-state index is 6.53. The summed E-state index contributed by atoms with van der Waals surface area (Å²) in [6.45, 7) is 41.7. The van der Waals surface area contributed by atoms with Gasteiger partial charge in [0.2, 0.25) is 17.9 Å². The van der Waals surface area contributed by atoms with Crippen molar-refractivity contribution in [1.82, 2.24) is 29.4 Å². The maximum atomic E-state index is 6.53. The molecule has 0 radical (unpaired) electrons. The molecule has 0 heterocycles. The molecule has 0 unspecified atom stereocenters. The van der Waals surface area contributed by atoms with Gasteiger partial charge in [0, 0.05) is 77.5 Å². The standard InChI is InChI=1S/C57H96N9O3P/c1-51(2,3)39-30-33-42(45(36-39)54(10,11)12)57(43-34-31-40(52(4,5)6)37-46(43)55(13,14)15,44-35-32-41(53(7,8)9)38-47(44)56(16,17)18)66(29)50(65(27)28)60-69-70(67-58-48(61(19)20)62(21)22)68-59-49(63(23)24)64(25)26/h30-38H,1-29H3/b60-50+. The first kappa shape index (κ1) is 59.6. The second-order valence-electron chi connectivity index (χ2n) is 26.2. The van der Waals surface area contributed by atoms with Gasteiger partial charge >= 0.3 is 8.60 Å². The highest BCUT2D eigenvalue weighted by Crippen LogP contribution is 2.53. The summed E-state index contributed by atoms with van der Waals surface area (Å²) in [4.78, 5) is 11.7. The van der Waals surface area contributed by atoms with Gasteiger partial charge in [-0.1, -0.05) is 179 Å². The van der Waals surface area contributed by atoms with Gasteiger partial charge < -0.3 is 29.4 Å². The van der Waals surface area contributed by atoms with Crippen LogP contribution in [0.5, 0.6) is 0 Å². The molecule has 0 aliphatic rings. The molecule has 70 heavy (non-hydrogen) atoms. The molecule has 0 saturated heterocycles. The molecule has 13 heteroatoms. The molecular weight excluding hydrogens is 890 g/mol. The highest BCUT2D eigenvalue weighted by atomic mass is 31.2. The third-order valence-corrected chi connectivity index (χ3v) is 13.3. The predicted molar refractivity (Wildman–Crippen MR) is 300 cm³/mol. The zero-order valence-electron chi connectivity index (χ0n) is 49.4. The Labute approximate surface area is 428 Å². The average molecular weight is 986 g/mol. The lowest BCUT2D eigenvalue weighted by Crippen LogP contribution is -2.55. The Hall–Kier alpha value is -4.70. The molecule has 3 aromatic carbocycles. The van der Waals surface area contributed by atoms with E-state index in [-0.39, 0.29) is 32.5 Å². The molecule has 0 atom stereocenters. The Morgan fingerprint density at radius 3 is 0.757 bits per heavy atom. The Bertz CT molecular complexity index is 2110. The van der Waals surface area contributed by atoms with E-state index < -0.39 is 14.1 Å². The number of hydrogen-bond donors (Lipinski definition) is 0. The summed E-state index contributed by atoms with van der Waals surface area (Å²) in [5.74, 6) is 1.62. The Kier molecular flexibility index (Phi) is 18.4. The summed E-state index contributed by atoms with van der Waals surface area (Å²) in [6, 6.07) is 21.6.